The highest BCUT2D eigenvalue weighted by molar-refractivity contribution is 6.62. The van der Waals surface area contributed by atoms with Crippen LogP contribution in [0.5, 0.6) is 11.6 Å². The van der Waals surface area contributed by atoms with Crippen molar-refractivity contribution in [2.24, 2.45) is 5.73 Å². The number of nitrogens with zero attached hydrogens (tertiary/aromatic N) is 2. The molecule has 144 valence electrons. The van der Waals surface area contributed by atoms with Gasteiger partial charge in [0.15, 0.2) is 0 Å². The van der Waals surface area contributed by atoms with Crippen molar-refractivity contribution in [1.82, 2.24) is 9.97 Å². The number of carboxylic acid groups (broad SMARTS) is 1. The van der Waals surface area contributed by atoms with Gasteiger partial charge in [0.2, 0.25) is 11.8 Å². The van der Waals surface area contributed by atoms with Crippen LogP contribution in [-0.2, 0) is 9.45 Å². The van der Waals surface area contributed by atoms with Crippen LogP contribution in [0.4, 0.5) is 5.95 Å². The molecule has 1 aromatic carbocycles. The molecule has 2 heterocycles. The van der Waals surface area contributed by atoms with E-state index in [1.807, 2.05) is 6.92 Å². The molecule has 27 heavy (non-hydrogen) atoms. The fourth-order valence-electron chi connectivity index (χ4n) is 2.89. The summed E-state index contributed by atoms with van der Waals surface area (Å²) in [4.78, 5) is 19.3. The van der Waals surface area contributed by atoms with Gasteiger partial charge >= 0.3 is 13.1 Å². The largest absolute Gasteiger partial charge is 0.492 e. The zero-order valence-corrected chi connectivity index (χ0v) is 15.4. The van der Waals surface area contributed by atoms with Gasteiger partial charge < -0.3 is 30.6 Å². The molecule has 0 saturated carbocycles. The smallest absolute Gasteiger partial charge is 0.481 e. The van der Waals surface area contributed by atoms with Gasteiger partial charge in [-0.05, 0) is 35.6 Å². The highest BCUT2D eigenvalue weighted by Crippen LogP contribution is 2.32. The molecule has 0 saturated heterocycles. The number of ether oxygens (including phenoxy) is 1. The number of halogens is 1. The Hall–Kier alpha value is -2.40. The molecule has 0 radical (unpaired) electrons. The lowest BCUT2D eigenvalue weighted by atomic mass is 9.77. The van der Waals surface area contributed by atoms with Crippen molar-refractivity contribution < 1.29 is 24.3 Å². The number of aliphatic carboxylic acids is 1. The van der Waals surface area contributed by atoms with Crippen LogP contribution < -0.4 is 21.3 Å². The van der Waals surface area contributed by atoms with Gasteiger partial charge in [0.1, 0.15) is 5.75 Å². The first kappa shape index (κ1) is 20.9. The normalized spacial score (nSPS) is 15.1. The van der Waals surface area contributed by atoms with Gasteiger partial charge in [0.25, 0.3) is 0 Å². The van der Waals surface area contributed by atoms with E-state index >= 15 is 0 Å². The molecular formula is C16H20BClN4O5. The minimum Gasteiger partial charge on any atom is -0.481 e. The summed E-state index contributed by atoms with van der Waals surface area (Å²) in [7, 11) is -1.19. The fraction of sp³-hybridized carbons (Fsp3) is 0.312. The second-order valence-electron chi connectivity index (χ2n) is 5.85. The number of nitrogens with one attached hydrogen (secondary N) is 1. The number of hydrogen-bond donors (Lipinski definition) is 4. The monoisotopic (exact) mass is 394 g/mol. The predicted molar refractivity (Wildman–Crippen MR) is 102 cm³/mol. The second kappa shape index (κ2) is 9.00. The first-order valence-corrected chi connectivity index (χ1v) is 8.12. The van der Waals surface area contributed by atoms with E-state index in [2.05, 4.69) is 15.3 Å². The first-order valence-electron chi connectivity index (χ1n) is 8.12. The van der Waals surface area contributed by atoms with Crippen LogP contribution in [0.3, 0.4) is 0 Å². The third kappa shape index (κ3) is 4.86. The Bertz CT molecular complexity index is 825. The van der Waals surface area contributed by atoms with Crippen LogP contribution in [0, 0.1) is 6.92 Å². The summed E-state index contributed by atoms with van der Waals surface area (Å²) in [6.07, 6.45) is 0.660. The van der Waals surface area contributed by atoms with Crippen molar-refractivity contribution >= 4 is 36.9 Å². The number of fused-ring (bicyclic) bond motifs is 1. The lowest BCUT2D eigenvalue weighted by Crippen LogP contribution is -2.28. The molecule has 11 heteroatoms. The number of aromatic nitrogens is 2. The number of anilines is 1. The number of rotatable bonds is 7. The van der Waals surface area contributed by atoms with E-state index in [0.29, 0.717) is 41.7 Å². The molecule has 1 aliphatic heterocycles. The summed E-state index contributed by atoms with van der Waals surface area (Å²) in [5.74, 6) is 0.196. The minimum atomic E-state index is -1.19. The summed E-state index contributed by atoms with van der Waals surface area (Å²) >= 11 is 0. The number of hydrogen-bond acceptors (Lipinski definition) is 8. The van der Waals surface area contributed by atoms with E-state index in [1.54, 1.807) is 24.4 Å². The van der Waals surface area contributed by atoms with Gasteiger partial charge in [-0.15, -0.1) is 12.4 Å². The molecule has 1 atom stereocenters. The van der Waals surface area contributed by atoms with E-state index in [0.717, 1.165) is 5.56 Å². The SMILES string of the molecule is Cc1cc(Oc2ccnc(NCCN)n2)cc2c1C(CC(=O)O)OB2O.Cl. The zero-order chi connectivity index (χ0) is 18.7. The summed E-state index contributed by atoms with van der Waals surface area (Å²) in [6, 6.07) is 4.99. The molecule has 9 nitrogen and oxygen atoms in total. The van der Waals surface area contributed by atoms with Crippen LogP contribution in [0.2, 0.25) is 0 Å². The average molecular weight is 395 g/mol. The number of nitrogens with two attached hydrogens (primary N) is 1. The van der Waals surface area contributed by atoms with E-state index < -0.39 is 19.2 Å². The van der Waals surface area contributed by atoms with Crippen molar-refractivity contribution in [3.8, 4) is 11.6 Å². The van der Waals surface area contributed by atoms with Crippen molar-refractivity contribution in [1.29, 1.82) is 0 Å². The maximum absolute atomic E-state index is 11.0. The Morgan fingerprint density at radius 2 is 2.26 bits per heavy atom. The highest BCUT2D eigenvalue weighted by atomic mass is 35.5. The van der Waals surface area contributed by atoms with Crippen LogP contribution in [0.25, 0.3) is 0 Å². The maximum Gasteiger partial charge on any atom is 0.492 e. The van der Waals surface area contributed by atoms with Gasteiger partial charge in [-0.2, -0.15) is 4.98 Å². The molecule has 1 aliphatic rings. The van der Waals surface area contributed by atoms with Crippen LogP contribution >= 0.6 is 12.4 Å². The van der Waals surface area contributed by atoms with Gasteiger partial charge in [-0.3, -0.25) is 4.79 Å². The number of benzene rings is 1. The molecular weight excluding hydrogens is 374 g/mol. The lowest BCUT2D eigenvalue weighted by Gasteiger charge is -2.13. The minimum absolute atomic E-state index is 0. The van der Waals surface area contributed by atoms with E-state index in [9.17, 15) is 9.82 Å². The fourth-order valence-corrected chi connectivity index (χ4v) is 2.89. The molecule has 1 unspecified atom stereocenters. The molecule has 1 aromatic heterocycles. The molecule has 0 bridgehead atoms. The summed E-state index contributed by atoms with van der Waals surface area (Å²) in [5.41, 5.74) is 7.40. The highest BCUT2D eigenvalue weighted by Gasteiger charge is 2.37. The van der Waals surface area contributed by atoms with E-state index in [4.69, 9.17) is 20.2 Å². The summed E-state index contributed by atoms with van der Waals surface area (Å²) in [6.45, 7) is 2.81. The zero-order valence-electron chi connectivity index (χ0n) is 14.6. The Kier molecular flexibility index (Phi) is 6.97. The Morgan fingerprint density at radius 3 is 2.96 bits per heavy atom. The van der Waals surface area contributed by atoms with Crippen molar-refractivity contribution in [3.63, 3.8) is 0 Å². The number of aryl methyl sites for hydroxylation is 1. The predicted octanol–water partition coefficient (Wildman–Crippen LogP) is 0.603. The Labute approximate surface area is 162 Å². The van der Waals surface area contributed by atoms with Gasteiger partial charge in [-0.1, -0.05) is 0 Å². The quantitative estimate of drug-likeness (QED) is 0.497. The third-order valence-corrected chi connectivity index (χ3v) is 3.91. The summed E-state index contributed by atoms with van der Waals surface area (Å²) < 4.78 is 11.1. The van der Waals surface area contributed by atoms with E-state index in [-0.39, 0.29) is 18.8 Å². The topological polar surface area (TPSA) is 140 Å². The average Bonchev–Trinajstić information content (AvgIpc) is 2.89. The molecule has 0 spiro atoms. The van der Waals surface area contributed by atoms with Gasteiger partial charge in [0, 0.05) is 25.4 Å². The molecule has 0 fully saturated rings. The molecule has 5 N–H and O–H groups in total. The van der Waals surface area contributed by atoms with E-state index in [1.165, 1.54) is 0 Å². The maximum atomic E-state index is 11.0. The van der Waals surface area contributed by atoms with Crippen LogP contribution in [0.1, 0.15) is 23.7 Å². The third-order valence-electron chi connectivity index (χ3n) is 3.91. The van der Waals surface area contributed by atoms with Crippen molar-refractivity contribution in [3.05, 3.63) is 35.5 Å². The molecule has 3 rings (SSSR count). The Balaban J connectivity index is 0.00000261. The summed E-state index contributed by atoms with van der Waals surface area (Å²) in [5, 5.41) is 22.1. The second-order valence-corrected chi connectivity index (χ2v) is 5.85. The Morgan fingerprint density at radius 1 is 1.48 bits per heavy atom. The number of carbonyl (C=O) groups is 1. The van der Waals surface area contributed by atoms with Crippen molar-refractivity contribution in [2.75, 3.05) is 18.4 Å². The lowest BCUT2D eigenvalue weighted by molar-refractivity contribution is -0.138. The molecule has 2 aromatic rings. The molecule has 0 aliphatic carbocycles. The number of carboxylic acids is 1. The van der Waals surface area contributed by atoms with Crippen LogP contribution in [0.15, 0.2) is 24.4 Å². The van der Waals surface area contributed by atoms with Gasteiger partial charge in [-0.25, -0.2) is 4.98 Å². The van der Waals surface area contributed by atoms with Crippen molar-refractivity contribution in [2.45, 2.75) is 19.4 Å². The first-order chi connectivity index (χ1) is 12.5. The van der Waals surface area contributed by atoms with Crippen LogP contribution in [-0.4, -0.2) is 46.3 Å². The standard InChI is InChI=1S/C16H19BN4O5.ClH/c1-9-6-10(25-13-2-4-19-16(21-13)20-5-3-18)7-11-15(9)12(8-14(22)23)26-17(11)24;/h2,4,6-7,12,24H,3,5,8,18H2,1H3,(H,22,23)(H,19,20,21);1H. The molecule has 0 amide bonds. The van der Waals surface area contributed by atoms with Gasteiger partial charge in [0.05, 0.1) is 12.5 Å².